The topological polar surface area (TPSA) is 64.6 Å². The second-order valence-corrected chi connectivity index (χ2v) is 5.13. The van der Waals surface area contributed by atoms with Crippen molar-refractivity contribution in [2.24, 2.45) is 0 Å². The van der Waals surface area contributed by atoms with Crippen LogP contribution in [-0.2, 0) is 16.0 Å². The molecule has 0 aliphatic heterocycles. The highest BCUT2D eigenvalue weighted by atomic mass is 16.5. The number of amides is 1. The molecule has 1 amide bonds. The van der Waals surface area contributed by atoms with Crippen LogP contribution in [0.2, 0.25) is 0 Å². The summed E-state index contributed by atoms with van der Waals surface area (Å²) in [6.45, 7) is 4.06. The fourth-order valence-electron chi connectivity index (χ4n) is 2.07. The van der Waals surface area contributed by atoms with Gasteiger partial charge in [-0.1, -0.05) is 19.1 Å². The van der Waals surface area contributed by atoms with Crippen LogP contribution in [0.25, 0.3) is 0 Å². The van der Waals surface area contributed by atoms with Gasteiger partial charge in [-0.2, -0.15) is 0 Å². The first-order chi connectivity index (χ1) is 11.6. The van der Waals surface area contributed by atoms with Gasteiger partial charge in [0.1, 0.15) is 5.75 Å². The van der Waals surface area contributed by atoms with Gasteiger partial charge in [-0.3, -0.25) is 4.79 Å². The smallest absolute Gasteiger partial charge is 0.338 e. The highest BCUT2D eigenvalue weighted by Gasteiger charge is 2.07. The van der Waals surface area contributed by atoms with Crippen molar-refractivity contribution < 1.29 is 19.1 Å². The summed E-state index contributed by atoms with van der Waals surface area (Å²) in [5.74, 6) is -0.106. The molecule has 0 aliphatic carbocycles. The van der Waals surface area contributed by atoms with Crippen molar-refractivity contribution in [2.45, 2.75) is 20.3 Å². The van der Waals surface area contributed by atoms with Gasteiger partial charge in [0.05, 0.1) is 12.2 Å². The van der Waals surface area contributed by atoms with Crippen LogP contribution in [0, 0.1) is 0 Å². The van der Waals surface area contributed by atoms with E-state index < -0.39 is 0 Å². The lowest BCUT2D eigenvalue weighted by Crippen LogP contribution is -2.20. The molecule has 2 aromatic carbocycles. The SMILES string of the molecule is CCOC(=O)c1ccc(OCC(=O)Nc2ccc(CC)cc2)cc1. The van der Waals surface area contributed by atoms with Gasteiger partial charge in [0, 0.05) is 5.69 Å². The Morgan fingerprint density at radius 1 is 0.958 bits per heavy atom. The Morgan fingerprint density at radius 2 is 1.62 bits per heavy atom. The molecule has 0 spiro atoms. The van der Waals surface area contributed by atoms with Crippen molar-refractivity contribution in [3.63, 3.8) is 0 Å². The highest BCUT2D eigenvalue weighted by Crippen LogP contribution is 2.14. The number of anilines is 1. The maximum atomic E-state index is 11.9. The molecule has 5 heteroatoms. The Morgan fingerprint density at radius 3 is 2.21 bits per heavy atom. The number of benzene rings is 2. The summed E-state index contributed by atoms with van der Waals surface area (Å²) in [5.41, 5.74) is 2.40. The van der Waals surface area contributed by atoms with Gasteiger partial charge < -0.3 is 14.8 Å². The van der Waals surface area contributed by atoms with Crippen LogP contribution in [0.3, 0.4) is 0 Å². The quantitative estimate of drug-likeness (QED) is 0.791. The van der Waals surface area contributed by atoms with Crippen LogP contribution in [0.1, 0.15) is 29.8 Å². The number of rotatable bonds is 7. The molecule has 0 aromatic heterocycles. The largest absolute Gasteiger partial charge is 0.484 e. The summed E-state index contributed by atoms with van der Waals surface area (Å²) in [7, 11) is 0. The number of carbonyl (C=O) groups is 2. The van der Waals surface area contributed by atoms with Crippen LogP contribution in [-0.4, -0.2) is 25.1 Å². The molecular weight excluding hydrogens is 306 g/mol. The van der Waals surface area contributed by atoms with Crippen molar-refractivity contribution in [3.8, 4) is 5.75 Å². The Balaban J connectivity index is 1.83. The van der Waals surface area contributed by atoms with Crippen molar-refractivity contribution >= 4 is 17.6 Å². The van der Waals surface area contributed by atoms with Crippen molar-refractivity contribution in [2.75, 3.05) is 18.5 Å². The fraction of sp³-hybridized carbons (Fsp3) is 0.263. The van der Waals surface area contributed by atoms with E-state index in [1.54, 1.807) is 31.2 Å². The number of nitrogens with one attached hydrogen (secondary N) is 1. The molecule has 0 fully saturated rings. The molecule has 5 nitrogen and oxygen atoms in total. The van der Waals surface area contributed by atoms with Crippen molar-refractivity contribution in [3.05, 3.63) is 59.7 Å². The zero-order chi connectivity index (χ0) is 17.4. The third kappa shape index (κ3) is 5.12. The lowest BCUT2D eigenvalue weighted by molar-refractivity contribution is -0.118. The summed E-state index contributed by atoms with van der Waals surface area (Å²) in [5, 5.41) is 2.77. The second-order valence-electron chi connectivity index (χ2n) is 5.13. The fourth-order valence-corrected chi connectivity index (χ4v) is 2.07. The number of hydrogen-bond acceptors (Lipinski definition) is 4. The zero-order valence-electron chi connectivity index (χ0n) is 13.9. The first kappa shape index (κ1) is 17.5. The average Bonchev–Trinajstić information content (AvgIpc) is 2.61. The van der Waals surface area contributed by atoms with Gasteiger partial charge in [0.2, 0.25) is 0 Å². The summed E-state index contributed by atoms with van der Waals surface area (Å²) in [6.07, 6.45) is 0.957. The van der Waals surface area contributed by atoms with E-state index in [0.717, 1.165) is 12.1 Å². The Labute approximate surface area is 141 Å². The number of aryl methyl sites for hydroxylation is 1. The molecule has 0 heterocycles. The standard InChI is InChI=1S/C19H21NO4/c1-3-14-5-9-16(10-6-14)20-18(21)13-24-17-11-7-15(8-12-17)19(22)23-4-2/h5-12H,3-4,13H2,1-2H3,(H,20,21). The van der Waals surface area contributed by atoms with Gasteiger partial charge in [0.15, 0.2) is 6.61 Å². The molecule has 1 N–H and O–H groups in total. The molecular formula is C19H21NO4. The monoisotopic (exact) mass is 327 g/mol. The predicted octanol–water partition coefficient (Wildman–Crippen LogP) is 3.44. The predicted molar refractivity (Wildman–Crippen MR) is 92.3 cm³/mol. The molecule has 2 aromatic rings. The van der Waals surface area contributed by atoms with E-state index in [-0.39, 0.29) is 18.5 Å². The van der Waals surface area contributed by atoms with Gasteiger partial charge in [-0.15, -0.1) is 0 Å². The molecule has 0 bridgehead atoms. The van der Waals surface area contributed by atoms with E-state index in [0.29, 0.717) is 17.9 Å². The normalized spacial score (nSPS) is 10.1. The second kappa shape index (κ2) is 8.72. The van der Waals surface area contributed by atoms with Gasteiger partial charge in [-0.25, -0.2) is 4.79 Å². The molecule has 0 radical (unpaired) electrons. The summed E-state index contributed by atoms with van der Waals surface area (Å²) < 4.78 is 10.3. The lowest BCUT2D eigenvalue weighted by atomic mass is 10.1. The Bertz CT molecular complexity index is 678. The maximum Gasteiger partial charge on any atom is 0.338 e. The Hall–Kier alpha value is -2.82. The van der Waals surface area contributed by atoms with E-state index in [2.05, 4.69) is 12.2 Å². The molecule has 0 saturated heterocycles. The summed E-state index contributed by atoms with van der Waals surface area (Å²) in [6, 6.07) is 14.2. The van der Waals surface area contributed by atoms with E-state index in [1.807, 2.05) is 24.3 Å². The molecule has 0 aliphatic rings. The number of esters is 1. The minimum absolute atomic E-state index is 0.103. The third-order valence-electron chi connectivity index (χ3n) is 3.38. The highest BCUT2D eigenvalue weighted by molar-refractivity contribution is 5.92. The van der Waals surface area contributed by atoms with Gasteiger partial charge in [-0.05, 0) is 55.3 Å². The van der Waals surface area contributed by atoms with E-state index in [4.69, 9.17) is 9.47 Å². The van der Waals surface area contributed by atoms with Crippen molar-refractivity contribution in [1.29, 1.82) is 0 Å². The number of hydrogen-bond donors (Lipinski definition) is 1. The summed E-state index contributed by atoms with van der Waals surface area (Å²) in [4.78, 5) is 23.4. The molecule has 0 saturated carbocycles. The molecule has 0 atom stereocenters. The minimum atomic E-state index is -0.377. The van der Waals surface area contributed by atoms with Crippen LogP contribution in [0.15, 0.2) is 48.5 Å². The van der Waals surface area contributed by atoms with Crippen LogP contribution >= 0.6 is 0 Å². The van der Waals surface area contributed by atoms with Crippen LogP contribution in [0.4, 0.5) is 5.69 Å². The van der Waals surface area contributed by atoms with E-state index in [9.17, 15) is 9.59 Å². The molecule has 24 heavy (non-hydrogen) atoms. The molecule has 2 rings (SSSR count). The van der Waals surface area contributed by atoms with E-state index >= 15 is 0 Å². The number of carbonyl (C=O) groups excluding carboxylic acids is 2. The maximum absolute atomic E-state index is 11.9. The third-order valence-corrected chi connectivity index (χ3v) is 3.38. The lowest BCUT2D eigenvalue weighted by Gasteiger charge is -2.08. The first-order valence-corrected chi connectivity index (χ1v) is 7.91. The molecule has 0 unspecified atom stereocenters. The minimum Gasteiger partial charge on any atom is -0.484 e. The van der Waals surface area contributed by atoms with Gasteiger partial charge in [0.25, 0.3) is 5.91 Å². The van der Waals surface area contributed by atoms with E-state index in [1.165, 1.54) is 5.56 Å². The van der Waals surface area contributed by atoms with Crippen molar-refractivity contribution in [1.82, 2.24) is 0 Å². The molecule has 126 valence electrons. The zero-order valence-corrected chi connectivity index (χ0v) is 13.9. The van der Waals surface area contributed by atoms with Crippen LogP contribution in [0.5, 0.6) is 5.75 Å². The van der Waals surface area contributed by atoms with Gasteiger partial charge >= 0.3 is 5.97 Å². The Kier molecular flexibility index (Phi) is 6.37. The van der Waals surface area contributed by atoms with Crippen LogP contribution < -0.4 is 10.1 Å². The average molecular weight is 327 g/mol. The first-order valence-electron chi connectivity index (χ1n) is 7.91. The summed E-state index contributed by atoms with van der Waals surface area (Å²) >= 11 is 0. The number of ether oxygens (including phenoxy) is 2.